The van der Waals surface area contributed by atoms with Crippen LogP contribution in [0.15, 0.2) is 23.4 Å². The van der Waals surface area contributed by atoms with Gasteiger partial charge in [0.25, 0.3) is 0 Å². The Morgan fingerprint density at radius 2 is 2.24 bits per heavy atom. The molecule has 1 aromatic carbocycles. The second-order valence-corrected chi connectivity index (χ2v) is 6.67. The fourth-order valence-electron chi connectivity index (χ4n) is 2.26. The van der Waals surface area contributed by atoms with Crippen molar-refractivity contribution in [3.05, 3.63) is 23.2 Å². The number of benzene rings is 1. The summed E-state index contributed by atoms with van der Waals surface area (Å²) in [6.45, 7) is 4.54. The summed E-state index contributed by atoms with van der Waals surface area (Å²) in [6, 6.07) is 5.48. The van der Waals surface area contributed by atoms with Gasteiger partial charge in [-0.05, 0) is 32.0 Å². The number of carboxylic acid groups (broad SMARTS) is 1. The van der Waals surface area contributed by atoms with E-state index in [4.69, 9.17) is 21.4 Å². The summed E-state index contributed by atoms with van der Waals surface area (Å²) >= 11 is 7.20. The maximum Gasteiger partial charge on any atom is 0.313 e. The molecule has 0 spiro atoms. The molecule has 0 aliphatic heterocycles. The number of fused-ring (bicyclic) bond motifs is 1. The average molecular weight is 329 g/mol. The van der Waals surface area contributed by atoms with E-state index in [1.165, 1.54) is 11.8 Å². The first-order valence-corrected chi connectivity index (χ1v) is 7.73. The molecule has 1 N–H and O–H groups in total. The molecule has 114 valence electrons. The molecule has 0 unspecified atom stereocenters. The number of rotatable bonds is 6. The molecule has 0 radical (unpaired) electrons. The van der Waals surface area contributed by atoms with Crippen molar-refractivity contribution in [2.75, 3.05) is 19.5 Å². The minimum absolute atomic E-state index is 0.0416. The lowest BCUT2D eigenvalue weighted by molar-refractivity contribution is -0.133. The van der Waals surface area contributed by atoms with Crippen molar-refractivity contribution in [2.24, 2.45) is 0 Å². The molecule has 0 bridgehead atoms. The number of halogens is 1. The molecule has 1 aromatic heterocycles. The SMILES string of the molecule is COCC(C)(C)n1c(SCC(=O)O)nc2cc(Cl)ccc21. The van der Waals surface area contributed by atoms with Gasteiger partial charge in [-0.2, -0.15) is 0 Å². The van der Waals surface area contributed by atoms with Crippen LogP contribution in [0.25, 0.3) is 11.0 Å². The van der Waals surface area contributed by atoms with Gasteiger partial charge in [-0.3, -0.25) is 4.79 Å². The van der Waals surface area contributed by atoms with Crippen LogP contribution >= 0.6 is 23.4 Å². The lowest BCUT2D eigenvalue weighted by Gasteiger charge is -2.28. The number of aromatic nitrogens is 2. The van der Waals surface area contributed by atoms with Crippen molar-refractivity contribution >= 4 is 40.4 Å². The molecule has 0 aliphatic rings. The highest BCUT2D eigenvalue weighted by Crippen LogP contribution is 2.32. The van der Waals surface area contributed by atoms with Crippen molar-refractivity contribution in [3.63, 3.8) is 0 Å². The Kier molecular flexibility index (Phi) is 4.81. The third kappa shape index (κ3) is 3.51. The zero-order valence-corrected chi connectivity index (χ0v) is 13.7. The van der Waals surface area contributed by atoms with Gasteiger partial charge in [-0.1, -0.05) is 23.4 Å². The fraction of sp³-hybridized carbons (Fsp3) is 0.429. The van der Waals surface area contributed by atoms with Crippen molar-refractivity contribution < 1.29 is 14.6 Å². The zero-order chi connectivity index (χ0) is 15.6. The summed E-state index contributed by atoms with van der Waals surface area (Å²) in [7, 11) is 1.64. The molecule has 1 heterocycles. The normalized spacial score (nSPS) is 12.0. The van der Waals surface area contributed by atoms with E-state index < -0.39 is 5.97 Å². The molecule has 0 atom stereocenters. The van der Waals surface area contributed by atoms with E-state index in [2.05, 4.69) is 4.98 Å². The summed E-state index contributed by atoms with van der Waals surface area (Å²) in [4.78, 5) is 15.3. The van der Waals surface area contributed by atoms with E-state index in [0.717, 1.165) is 11.0 Å². The predicted octanol–water partition coefficient (Wildman–Crippen LogP) is 3.25. The molecule has 2 aromatic rings. The second kappa shape index (κ2) is 6.25. The van der Waals surface area contributed by atoms with E-state index in [1.807, 2.05) is 24.5 Å². The molecule has 2 rings (SSSR count). The first-order chi connectivity index (χ1) is 9.85. The van der Waals surface area contributed by atoms with Gasteiger partial charge in [0.1, 0.15) is 0 Å². The highest BCUT2D eigenvalue weighted by Gasteiger charge is 2.26. The molecular weight excluding hydrogens is 312 g/mol. The topological polar surface area (TPSA) is 64.3 Å². The van der Waals surface area contributed by atoms with Crippen LogP contribution in [0.2, 0.25) is 5.02 Å². The van der Waals surface area contributed by atoms with Gasteiger partial charge in [0.2, 0.25) is 0 Å². The first kappa shape index (κ1) is 16.1. The predicted molar refractivity (Wildman–Crippen MR) is 84.3 cm³/mol. The van der Waals surface area contributed by atoms with Crippen molar-refractivity contribution in [3.8, 4) is 0 Å². The maximum atomic E-state index is 10.8. The summed E-state index contributed by atoms with van der Waals surface area (Å²) in [5.74, 6) is -0.915. The fourth-order valence-corrected chi connectivity index (χ4v) is 3.31. The highest BCUT2D eigenvalue weighted by molar-refractivity contribution is 7.99. The smallest absolute Gasteiger partial charge is 0.313 e. The van der Waals surface area contributed by atoms with Gasteiger partial charge in [-0.25, -0.2) is 4.98 Å². The van der Waals surface area contributed by atoms with E-state index in [0.29, 0.717) is 16.8 Å². The number of carbonyl (C=O) groups is 1. The lowest BCUT2D eigenvalue weighted by Crippen LogP contribution is -2.32. The highest BCUT2D eigenvalue weighted by atomic mass is 35.5. The van der Waals surface area contributed by atoms with E-state index in [1.54, 1.807) is 19.2 Å². The minimum Gasteiger partial charge on any atom is -0.481 e. The largest absolute Gasteiger partial charge is 0.481 e. The molecule has 0 aliphatic carbocycles. The number of ether oxygens (including phenoxy) is 1. The summed E-state index contributed by atoms with van der Waals surface area (Å²) < 4.78 is 7.29. The zero-order valence-electron chi connectivity index (χ0n) is 12.1. The summed E-state index contributed by atoms with van der Waals surface area (Å²) in [5.41, 5.74) is 1.31. The Bertz CT molecular complexity index is 670. The van der Waals surface area contributed by atoms with Gasteiger partial charge < -0.3 is 14.4 Å². The molecule has 0 saturated carbocycles. The van der Waals surface area contributed by atoms with Crippen molar-refractivity contribution in [1.29, 1.82) is 0 Å². The first-order valence-electron chi connectivity index (χ1n) is 6.37. The number of methoxy groups -OCH3 is 1. The number of nitrogens with zero attached hydrogens (tertiary/aromatic N) is 2. The summed E-state index contributed by atoms with van der Waals surface area (Å²) in [6.07, 6.45) is 0. The standard InChI is InChI=1S/C14H17ClN2O3S/c1-14(2,8-20-3)17-11-5-4-9(15)6-10(11)16-13(17)21-7-12(18)19/h4-6H,7-8H2,1-3H3,(H,18,19). The van der Waals surface area contributed by atoms with Crippen molar-refractivity contribution in [1.82, 2.24) is 9.55 Å². The molecule has 0 fully saturated rings. The van der Waals surface area contributed by atoms with Gasteiger partial charge in [-0.15, -0.1) is 0 Å². The van der Waals surface area contributed by atoms with Crippen LogP contribution in [0.5, 0.6) is 0 Å². The summed E-state index contributed by atoms with van der Waals surface area (Å²) in [5, 5.41) is 10.1. The maximum absolute atomic E-state index is 10.8. The Balaban J connectivity index is 2.56. The number of carboxylic acids is 1. The number of imidazole rings is 1. The van der Waals surface area contributed by atoms with E-state index >= 15 is 0 Å². The number of hydrogen-bond acceptors (Lipinski definition) is 4. The van der Waals surface area contributed by atoms with E-state index in [-0.39, 0.29) is 11.3 Å². The van der Waals surface area contributed by atoms with Crippen LogP contribution in [-0.4, -0.2) is 40.1 Å². The number of hydrogen-bond donors (Lipinski definition) is 1. The van der Waals surface area contributed by atoms with Gasteiger partial charge in [0, 0.05) is 12.1 Å². The average Bonchev–Trinajstić information content (AvgIpc) is 2.74. The molecule has 0 saturated heterocycles. The Morgan fingerprint density at radius 1 is 1.52 bits per heavy atom. The second-order valence-electron chi connectivity index (χ2n) is 5.29. The monoisotopic (exact) mass is 328 g/mol. The van der Waals surface area contributed by atoms with Crippen molar-refractivity contribution in [2.45, 2.75) is 24.5 Å². The minimum atomic E-state index is -0.874. The van der Waals surface area contributed by atoms with Gasteiger partial charge in [0.05, 0.1) is 28.9 Å². The quantitative estimate of drug-likeness (QED) is 0.825. The van der Waals surface area contributed by atoms with Crippen LogP contribution in [0.4, 0.5) is 0 Å². The molecule has 21 heavy (non-hydrogen) atoms. The molecular formula is C14H17ClN2O3S. The van der Waals surface area contributed by atoms with E-state index in [9.17, 15) is 4.79 Å². The Morgan fingerprint density at radius 3 is 2.86 bits per heavy atom. The molecule has 7 heteroatoms. The van der Waals surface area contributed by atoms with Crippen LogP contribution in [0.3, 0.4) is 0 Å². The van der Waals surface area contributed by atoms with Crippen LogP contribution in [0, 0.1) is 0 Å². The molecule has 0 amide bonds. The third-order valence-electron chi connectivity index (χ3n) is 3.01. The Labute approximate surface area is 132 Å². The number of thioether (sulfide) groups is 1. The van der Waals surface area contributed by atoms with Crippen LogP contribution in [0.1, 0.15) is 13.8 Å². The van der Waals surface area contributed by atoms with Gasteiger partial charge in [0.15, 0.2) is 5.16 Å². The van der Waals surface area contributed by atoms with Crippen LogP contribution < -0.4 is 0 Å². The van der Waals surface area contributed by atoms with Crippen LogP contribution in [-0.2, 0) is 15.1 Å². The Hall–Kier alpha value is -1.24. The molecule has 5 nitrogen and oxygen atoms in total. The number of aliphatic carboxylic acids is 1. The third-order valence-corrected chi connectivity index (χ3v) is 4.17. The van der Waals surface area contributed by atoms with Gasteiger partial charge >= 0.3 is 5.97 Å². The lowest BCUT2D eigenvalue weighted by atomic mass is 10.1.